The number of rotatable bonds is 3. The predicted molar refractivity (Wildman–Crippen MR) is 71.8 cm³/mol. The molecule has 0 aromatic rings. The Bertz CT molecular complexity index is 390. The first-order valence-electron chi connectivity index (χ1n) is 7.48. The molecule has 4 heteroatoms. The topological polar surface area (TPSA) is 78.9 Å². The van der Waals surface area contributed by atoms with Crippen molar-refractivity contribution in [1.82, 2.24) is 5.32 Å². The van der Waals surface area contributed by atoms with Gasteiger partial charge in [-0.25, -0.2) is 0 Å². The van der Waals surface area contributed by atoms with E-state index in [-0.39, 0.29) is 11.3 Å². The van der Waals surface area contributed by atoms with Gasteiger partial charge in [0.2, 0.25) is 5.91 Å². The number of nitrogens with zero attached hydrogens (tertiary/aromatic N) is 1. The molecule has 0 aromatic carbocycles. The van der Waals surface area contributed by atoms with E-state index in [2.05, 4.69) is 5.32 Å². The molecule has 3 N–H and O–H groups in total. The Balaban J connectivity index is 1.74. The van der Waals surface area contributed by atoms with Gasteiger partial charge in [-0.2, -0.15) is 5.26 Å². The molecule has 4 aliphatic rings. The van der Waals surface area contributed by atoms with Crippen LogP contribution < -0.4 is 11.1 Å². The van der Waals surface area contributed by atoms with Crippen molar-refractivity contribution in [3.63, 3.8) is 0 Å². The minimum atomic E-state index is -0.451. The summed E-state index contributed by atoms with van der Waals surface area (Å²) in [5.41, 5.74) is 6.32. The van der Waals surface area contributed by atoms with Crippen molar-refractivity contribution in [1.29, 1.82) is 5.26 Å². The third-order valence-corrected chi connectivity index (χ3v) is 5.58. The maximum absolute atomic E-state index is 12.2. The SMILES string of the molecule is C[C@@H](C#N)NC(=O)[C@@H](N)C12CC3CC(CC(C3)C1)C2. The highest BCUT2D eigenvalue weighted by Gasteiger charge is 2.54. The van der Waals surface area contributed by atoms with E-state index < -0.39 is 12.1 Å². The fraction of sp³-hybridized carbons (Fsp3) is 0.867. The van der Waals surface area contributed by atoms with Gasteiger partial charge < -0.3 is 11.1 Å². The molecule has 0 saturated heterocycles. The zero-order valence-corrected chi connectivity index (χ0v) is 11.6. The van der Waals surface area contributed by atoms with Crippen LogP contribution in [-0.2, 0) is 4.79 Å². The second-order valence-corrected chi connectivity index (χ2v) is 7.12. The minimum absolute atomic E-state index is 0.0218. The maximum Gasteiger partial charge on any atom is 0.238 e. The van der Waals surface area contributed by atoms with Crippen molar-refractivity contribution in [2.24, 2.45) is 28.9 Å². The second-order valence-electron chi connectivity index (χ2n) is 7.12. The summed E-state index contributed by atoms with van der Waals surface area (Å²) in [5.74, 6) is 2.24. The van der Waals surface area contributed by atoms with Gasteiger partial charge >= 0.3 is 0 Å². The number of nitrogens with two attached hydrogens (primary N) is 1. The van der Waals surface area contributed by atoms with Crippen LogP contribution in [-0.4, -0.2) is 18.0 Å². The predicted octanol–water partition coefficient (Wildman–Crippen LogP) is 1.56. The molecular weight excluding hydrogens is 238 g/mol. The third-order valence-electron chi connectivity index (χ3n) is 5.58. The molecule has 4 bridgehead atoms. The largest absolute Gasteiger partial charge is 0.339 e. The fourth-order valence-corrected chi connectivity index (χ4v) is 5.17. The van der Waals surface area contributed by atoms with Gasteiger partial charge in [-0.05, 0) is 68.6 Å². The number of amides is 1. The number of nitriles is 1. The Morgan fingerprint density at radius 3 is 2.16 bits per heavy atom. The molecule has 0 unspecified atom stereocenters. The monoisotopic (exact) mass is 261 g/mol. The number of carbonyl (C=O) groups excluding carboxylic acids is 1. The van der Waals surface area contributed by atoms with E-state index in [1.807, 2.05) is 6.07 Å². The van der Waals surface area contributed by atoms with Gasteiger partial charge in [0.15, 0.2) is 0 Å². The van der Waals surface area contributed by atoms with Crippen LogP contribution in [0.4, 0.5) is 0 Å². The molecule has 104 valence electrons. The molecule has 4 saturated carbocycles. The normalized spacial score (nSPS) is 42.5. The first kappa shape index (κ1) is 12.9. The lowest BCUT2D eigenvalue weighted by Gasteiger charge is -2.58. The van der Waals surface area contributed by atoms with Crippen molar-refractivity contribution in [3.8, 4) is 6.07 Å². The van der Waals surface area contributed by atoms with Gasteiger partial charge in [-0.3, -0.25) is 4.79 Å². The van der Waals surface area contributed by atoms with E-state index >= 15 is 0 Å². The van der Waals surface area contributed by atoms with Crippen molar-refractivity contribution < 1.29 is 4.79 Å². The number of nitrogens with one attached hydrogen (secondary N) is 1. The minimum Gasteiger partial charge on any atom is -0.339 e. The van der Waals surface area contributed by atoms with E-state index in [1.54, 1.807) is 6.92 Å². The van der Waals surface area contributed by atoms with Crippen LogP contribution in [0.25, 0.3) is 0 Å². The number of carbonyl (C=O) groups is 1. The number of hydrogen-bond acceptors (Lipinski definition) is 3. The van der Waals surface area contributed by atoms with Crippen LogP contribution in [0.1, 0.15) is 45.4 Å². The van der Waals surface area contributed by atoms with Crippen LogP contribution in [0.5, 0.6) is 0 Å². The van der Waals surface area contributed by atoms with E-state index in [0.29, 0.717) is 0 Å². The van der Waals surface area contributed by atoms with Gasteiger partial charge in [-0.15, -0.1) is 0 Å². The van der Waals surface area contributed by atoms with Gasteiger partial charge in [0, 0.05) is 0 Å². The molecule has 0 radical (unpaired) electrons. The molecule has 4 fully saturated rings. The van der Waals surface area contributed by atoms with E-state index in [1.165, 1.54) is 19.3 Å². The summed E-state index contributed by atoms with van der Waals surface area (Å²) in [6.07, 6.45) is 7.41. The Hall–Kier alpha value is -1.08. The lowest BCUT2D eigenvalue weighted by Crippen LogP contribution is -2.60. The molecule has 0 spiro atoms. The Labute approximate surface area is 114 Å². The summed E-state index contributed by atoms with van der Waals surface area (Å²) >= 11 is 0. The van der Waals surface area contributed by atoms with Crippen molar-refractivity contribution in [2.45, 2.75) is 57.5 Å². The van der Waals surface area contributed by atoms with Gasteiger partial charge in [-0.1, -0.05) is 0 Å². The molecule has 4 nitrogen and oxygen atoms in total. The Morgan fingerprint density at radius 1 is 1.26 bits per heavy atom. The highest BCUT2D eigenvalue weighted by Crippen LogP contribution is 2.60. The summed E-state index contributed by atoms with van der Waals surface area (Å²) in [6, 6.07) is 1.15. The summed E-state index contributed by atoms with van der Waals surface area (Å²) in [5, 5.41) is 11.5. The van der Waals surface area contributed by atoms with Crippen LogP contribution >= 0.6 is 0 Å². The Morgan fingerprint density at radius 2 is 1.74 bits per heavy atom. The number of hydrogen-bond donors (Lipinski definition) is 2. The lowest BCUT2D eigenvalue weighted by molar-refractivity contribution is -0.133. The molecular formula is C15H23N3O. The van der Waals surface area contributed by atoms with Crippen molar-refractivity contribution in [3.05, 3.63) is 0 Å². The van der Waals surface area contributed by atoms with Crippen LogP contribution in [0.3, 0.4) is 0 Å². The van der Waals surface area contributed by atoms with E-state index in [9.17, 15) is 4.79 Å². The van der Waals surface area contributed by atoms with Gasteiger partial charge in [0.25, 0.3) is 0 Å². The Kier molecular flexibility index (Phi) is 3.05. The molecule has 0 aliphatic heterocycles. The second kappa shape index (κ2) is 4.49. The van der Waals surface area contributed by atoms with Crippen molar-refractivity contribution >= 4 is 5.91 Å². The first-order chi connectivity index (χ1) is 9.02. The molecule has 0 aromatic heterocycles. The van der Waals surface area contributed by atoms with Crippen LogP contribution in [0, 0.1) is 34.5 Å². The van der Waals surface area contributed by atoms with Crippen LogP contribution in [0.15, 0.2) is 0 Å². The smallest absolute Gasteiger partial charge is 0.238 e. The zero-order chi connectivity index (χ0) is 13.6. The molecule has 2 atom stereocenters. The molecule has 19 heavy (non-hydrogen) atoms. The molecule has 4 rings (SSSR count). The summed E-state index contributed by atoms with van der Waals surface area (Å²) in [4.78, 5) is 12.2. The maximum atomic E-state index is 12.2. The molecule has 0 heterocycles. The average molecular weight is 261 g/mol. The van der Waals surface area contributed by atoms with Crippen LogP contribution in [0.2, 0.25) is 0 Å². The average Bonchev–Trinajstić information content (AvgIpc) is 2.36. The summed E-state index contributed by atoms with van der Waals surface area (Å²) in [6.45, 7) is 1.70. The highest BCUT2D eigenvalue weighted by molar-refractivity contribution is 5.83. The summed E-state index contributed by atoms with van der Waals surface area (Å²) < 4.78 is 0. The van der Waals surface area contributed by atoms with Gasteiger partial charge in [0.1, 0.15) is 6.04 Å². The lowest BCUT2D eigenvalue weighted by atomic mass is 9.47. The fourth-order valence-electron chi connectivity index (χ4n) is 5.17. The van der Waals surface area contributed by atoms with E-state index in [0.717, 1.165) is 37.0 Å². The van der Waals surface area contributed by atoms with Gasteiger partial charge in [0.05, 0.1) is 12.1 Å². The standard InChI is InChI=1S/C15H23N3O/c1-9(8-16)18-14(19)13(17)15-5-10-2-11(6-15)4-12(3-10)7-15/h9-13H,2-7,17H2,1H3,(H,18,19)/t9-,10?,11?,12?,13+,15?/m0/s1. The first-order valence-corrected chi connectivity index (χ1v) is 7.48. The molecule has 1 amide bonds. The van der Waals surface area contributed by atoms with E-state index in [4.69, 9.17) is 11.0 Å². The highest BCUT2D eigenvalue weighted by atomic mass is 16.2. The third kappa shape index (κ3) is 2.14. The zero-order valence-electron chi connectivity index (χ0n) is 11.6. The molecule has 4 aliphatic carbocycles. The van der Waals surface area contributed by atoms with Crippen molar-refractivity contribution in [2.75, 3.05) is 0 Å². The summed E-state index contributed by atoms with van der Waals surface area (Å²) in [7, 11) is 0. The quantitative estimate of drug-likeness (QED) is 0.809.